The highest BCUT2D eigenvalue weighted by molar-refractivity contribution is 5.36. The molecule has 0 amide bonds. The number of nitrogens with one attached hydrogen (secondary N) is 1. The minimum atomic E-state index is 0.568. The number of likely N-dealkylation sites (N-methyl/N-ethyl adjacent to an activating group) is 1. The number of rotatable bonds is 7. The quantitative estimate of drug-likeness (QED) is 0.537. The highest BCUT2D eigenvalue weighted by atomic mass is 16.5. The van der Waals surface area contributed by atoms with Crippen molar-refractivity contribution < 1.29 is 4.74 Å². The molecule has 0 radical (unpaired) electrons. The van der Waals surface area contributed by atoms with Crippen LogP contribution >= 0.6 is 0 Å². The van der Waals surface area contributed by atoms with Gasteiger partial charge in [-0.1, -0.05) is 6.92 Å². The lowest BCUT2D eigenvalue weighted by Crippen LogP contribution is -2.20. The molecule has 0 aliphatic carbocycles. The summed E-state index contributed by atoms with van der Waals surface area (Å²) in [7, 11) is 4.00. The Balaban J connectivity index is 2.66. The highest BCUT2D eigenvalue weighted by Gasteiger charge is 2.04. The Morgan fingerprint density at radius 1 is 1.41 bits per heavy atom. The maximum Gasteiger partial charge on any atom is 0.218 e. The summed E-state index contributed by atoms with van der Waals surface area (Å²) in [5, 5.41) is 0. The van der Waals surface area contributed by atoms with E-state index in [1.165, 1.54) is 0 Å². The first kappa shape index (κ1) is 13.7. The molecule has 1 rings (SSSR count). The Morgan fingerprint density at radius 3 is 2.76 bits per heavy atom. The van der Waals surface area contributed by atoms with Crippen LogP contribution < -0.4 is 16.0 Å². The van der Waals surface area contributed by atoms with Crippen LogP contribution in [0.5, 0.6) is 5.88 Å². The molecule has 0 fully saturated rings. The number of anilines is 1. The van der Waals surface area contributed by atoms with E-state index in [1.54, 1.807) is 6.07 Å². The third-order valence-corrected chi connectivity index (χ3v) is 2.16. The van der Waals surface area contributed by atoms with Gasteiger partial charge in [-0.05, 0) is 20.5 Å². The number of nitrogens with zero attached hydrogens (tertiary/aromatic N) is 3. The van der Waals surface area contributed by atoms with Crippen molar-refractivity contribution in [3.8, 4) is 5.88 Å². The largest absolute Gasteiger partial charge is 0.476 e. The van der Waals surface area contributed by atoms with E-state index in [-0.39, 0.29) is 0 Å². The van der Waals surface area contributed by atoms with Gasteiger partial charge < -0.3 is 15.1 Å². The van der Waals surface area contributed by atoms with Crippen LogP contribution in [-0.4, -0.2) is 42.1 Å². The standard InChI is InChI=1S/C11H21N5O/c1-4-5-9-13-10(15-12)8-11(14-9)17-7-6-16(2)3/h8H,4-7,12H2,1-3H3,(H,13,14,15). The van der Waals surface area contributed by atoms with Crippen molar-refractivity contribution in [1.29, 1.82) is 0 Å². The van der Waals surface area contributed by atoms with Crippen molar-refractivity contribution in [2.45, 2.75) is 19.8 Å². The van der Waals surface area contributed by atoms with Gasteiger partial charge in [0.2, 0.25) is 5.88 Å². The zero-order chi connectivity index (χ0) is 12.7. The van der Waals surface area contributed by atoms with Crippen LogP contribution in [0, 0.1) is 0 Å². The van der Waals surface area contributed by atoms with Crippen LogP contribution in [0.15, 0.2) is 6.07 Å². The molecule has 0 saturated carbocycles. The number of hydrazine groups is 1. The van der Waals surface area contributed by atoms with Gasteiger partial charge in [0.25, 0.3) is 0 Å². The van der Waals surface area contributed by atoms with Crippen molar-refractivity contribution in [3.05, 3.63) is 11.9 Å². The van der Waals surface area contributed by atoms with E-state index in [9.17, 15) is 0 Å². The number of aromatic nitrogens is 2. The third-order valence-electron chi connectivity index (χ3n) is 2.16. The van der Waals surface area contributed by atoms with Gasteiger partial charge in [-0.15, -0.1) is 0 Å². The molecule has 1 heterocycles. The predicted octanol–water partition coefficient (Wildman–Crippen LogP) is 0.655. The molecular formula is C11H21N5O. The smallest absolute Gasteiger partial charge is 0.218 e. The van der Waals surface area contributed by atoms with Crippen molar-refractivity contribution in [2.24, 2.45) is 5.84 Å². The molecule has 96 valence electrons. The van der Waals surface area contributed by atoms with Crippen molar-refractivity contribution in [3.63, 3.8) is 0 Å². The summed E-state index contributed by atoms with van der Waals surface area (Å²) in [5.74, 6) is 7.26. The van der Waals surface area contributed by atoms with Crippen LogP contribution in [0.1, 0.15) is 19.2 Å². The van der Waals surface area contributed by atoms with Crippen LogP contribution in [0.3, 0.4) is 0 Å². The molecular weight excluding hydrogens is 218 g/mol. The zero-order valence-electron chi connectivity index (χ0n) is 10.7. The molecule has 0 aliphatic rings. The molecule has 0 unspecified atom stereocenters. The van der Waals surface area contributed by atoms with Gasteiger partial charge in [-0.3, -0.25) is 0 Å². The Kier molecular flexibility index (Phi) is 5.65. The van der Waals surface area contributed by atoms with E-state index in [4.69, 9.17) is 10.6 Å². The van der Waals surface area contributed by atoms with Gasteiger partial charge in [-0.2, -0.15) is 4.98 Å². The zero-order valence-corrected chi connectivity index (χ0v) is 10.7. The SMILES string of the molecule is CCCc1nc(NN)cc(OCCN(C)C)n1. The lowest BCUT2D eigenvalue weighted by Gasteiger charge is -2.11. The monoisotopic (exact) mass is 239 g/mol. The molecule has 0 bridgehead atoms. The van der Waals surface area contributed by atoms with E-state index in [2.05, 4.69) is 27.2 Å². The lowest BCUT2D eigenvalue weighted by atomic mass is 10.3. The normalized spacial score (nSPS) is 10.6. The van der Waals surface area contributed by atoms with Crippen molar-refractivity contribution in [1.82, 2.24) is 14.9 Å². The number of nitrogen functional groups attached to an aromatic ring is 1. The molecule has 1 aromatic heterocycles. The van der Waals surface area contributed by atoms with Gasteiger partial charge in [0, 0.05) is 19.0 Å². The van der Waals surface area contributed by atoms with E-state index in [1.807, 2.05) is 14.1 Å². The van der Waals surface area contributed by atoms with Gasteiger partial charge >= 0.3 is 0 Å². The van der Waals surface area contributed by atoms with Gasteiger partial charge in [0.05, 0.1) is 0 Å². The fourth-order valence-electron chi connectivity index (χ4n) is 1.29. The first-order chi connectivity index (χ1) is 8.15. The molecule has 1 aromatic rings. The fraction of sp³-hybridized carbons (Fsp3) is 0.636. The number of nitrogens with two attached hydrogens (primary N) is 1. The number of hydrogen-bond donors (Lipinski definition) is 2. The van der Waals surface area contributed by atoms with Gasteiger partial charge in [-0.25, -0.2) is 10.8 Å². The summed E-state index contributed by atoms with van der Waals surface area (Å²) < 4.78 is 5.56. The maximum atomic E-state index is 5.56. The highest BCUT2D eigenvalue weighted by Crippen LogP contribution is 2.13. The third kappa shape index (κ3) is 4.97. The Bertz CT molecular complexity index is 343. The second-order valence-corrected chi connectivity index (χ2v) is 4.05. The maximum absolute atomic E-state index is 5.56. The predicted molar refractivity (Wildman–Crippen MR) is 67.9 cm³/mol. The fourth-order valence-corrected chi connectivity index (χ4v) is 1.29. The van der Waals surface area contributed by atoms with Crippen LogP contribution in [0.4, 0.5) is 5.82 Å². The Morgan fingerprint density at radius 2 is 2.18 bits per heavy atom. The minimum Gasteiger partial charge on any atom is -0.476 e. The average molecular weight is 239 g/mol. The minimum absolute atomic E-state index is 0.568. The molecule has 0 aromatic carbocycles. The summed E-state index contributed by atoms with van der Waals surface area (Å²) in [6, 6.07) is 1.70. The van der Waals surface area contributed by atoms with Gasteiger partial charge in [0.1, 0.15) is 18.2 Å². The average Bonchev–Trinajstić information content (AvgIpc) is 2.28. The molecule has 0 saturated heterocycles. The molecule has 0 atom stereocenters. The summed E-state index contributed by atoms with van der Waals surface area (Å²) in [5.41, 5.74) is 2.52. The lowest BCUT2D eigenvalue weighted by molar-refractivity contribution is 0.253. The molecule has 0 spiro atoms. The van der Waals surface area contributed by atoms with Gasteiger partial charge in [0.15, 0.2) is 0 Å². The Labute approximate surface area is 102 Å². The molecule has 17 heavy (non-hydrogen) atoms. The Hall–Kier alpha value is -1.40. The first-order valence-corrected chi connectivity index (χ1v) is 5.77. The van der Waals surface area contributed by atoms with Crippen LogP contribution in [0.25, 0.3) is 0 Å². The van der Waals surface area contributed by atoms with E-state index in [0.29, 0.717) is 18.3 Å². The molecule has 3 N–H and O–H groups in total. The molecule has 0 aliphatic heterocycles. The molecule has 6 nitrogen and oxygen atoms in total. The second-order valence-electron chi connectivity index (χ2n) is 4.05. The van der Waals surface area contributed by atoms with Crippen molar-refractivity contribution in [2.75, 3.05) is 32.7 Å². The summed E-state index contributed by atoms with van der Waals surface area (Å²) in [4.78, 5) is 10.6. The number of ether oxygens (including phenoxy) is 1. The second kappa shape index (κ2) is 7.03. The number of hydrogen-bond acceptors (Lipinski definition) is 6. The first-order valence-electron chi connectivity index (χ1n) is 5.77. The van der Waals surface area contributed by atoms with Crippen LogP contribution in [-0.2, 0) is 6.42 Å². The molecule has 6 heteroatoms. The van der Waals surface area contributed by atoms with Crippen molar-refractivity contribution >= 4 is 5.82 Å². The van der Waals surface area contributed by atoms with Crippen LogP contribution in [0.2, 0.25) is 0 Å². The summed E-state index contributed by atoms with van der Waals surface area (Å²) in [6.45, 7) is 3.52. The topological polar surface area (TPSA) is 76.3 Å². The summed E-state index contributed by atoms with van der Waals surface area (Å²) >= 11 is 0. The van der Waals surface area contributed by atoms with E-state index in [0.717, 1.165) is 25.2 Å². The summed E-state index contributed by atoms with van der Waals surface area (Å²) in [6.07, 6.45) is 1.81. The number of aryl methyl sites for hydroxylation is 1. The van der Waals surface area contributed by atoms with E-state index < -0.39 is 0 Å². The van der Waals surface area contributed by atoms with E-state index >= 15 is 0 Å².